The molecule has 0 atom stereocenters. The van der Waals surface area contributed by atoms with Crippen molar-refractivity contribution in [1.29, 1.82) is 0 Å². The molecule has 0 radical (unpaired) electrons. The molecule has 0 aliphatic heterocycles. The Bertz CT molecular complexity index is 444. The van der Waals surface area contributed by atoms with Crippen molar-refractivity contribution in [3.63, 3.8) is 0 Å². The Hall–Kier alpha value is -1.00. The molecule has 0 unspecified atom stereocenters. The van der Waals surface area contributed by atoms with E-state index in [0.717, 1.165) is 28.9 Å². The maximum absolute atomic E-state index is 5.73. The van der Waals surface area contributed by atoms with Gasteiger partial charge in [0, 0.05) is 12.6 Å². The summed E-state index contributed by atoms with van der Waals surface area (Å²) in [6.45, 7) is 5.16. The average molecular weight is 326 g/mol. The summed E-state index contributed by atoms with van der Waals surface area (Å²) in [5.41, 5.74) is 1.20. The van der Waals surface area contributed by atoms with E-state index in [1.165, 1.54) is 18.4 Å². The van der Waals surface area contributed by atoms with Gasteiger partial charge in [-0.15, -0.1) is 6.58 Å². The first-order valence-corrected chi connectivity index (χ1v) is 7.37. The van der Waals surface area contributed by atoms with Gasteiger partial charge in [-0.1, -0.05) is 6.08 Å². The van der Waals surface area contributed by atoms with Crippen LogP contribution in [0.4, 0.5) is 0 Å². The van der Waals surface area contributed by atoms with Gasteiger partial charge in [-0.3, -0.25) is 0 Å². The van der Waals surface area contributed by atoms with Gasteiger partial charge >= 0.3 is 0 Å². The highest BCUT2D eigenvalue weighted by Crippen LogP contribution is 2.37. The number of nitrogens with one attached hydrogen (secondary N) is 1. The monoisotopic (exact) mass is 325 g/mol. The molecule has 2 rings (SSSR count). The van der Waals surface area contributed by atoms with Crippen molar-refractivity contribution >= 4 is 15.9 Å². The SMILES string of the molecule is C=CCCOc1c(Br)cc(CNC2CC2)cc1OC. The fourth-order valence-corrected chi connectivity index (χ4v) is 2.41. The Morgan fingerprint density at radius 2 is 2.26 bits per heavy atom. The molecule has 1 aromatic carbocycles. The molecule has 19 heavy (non-hydrogen) atoms. The summed E-state index contributed by atoms with van der Waals surface area (Å²) in [6.07, 6.45) is 5.25. The molecule has 1 fully saturated rings. The number of benzene rings is 1. The van der Waals surface area contributed by atoms with Crippen molar-refractivity contribution in [1.82, 2.24) is 5.32 Å². The van der Waals surface area contributed by atoms with E-state index in [1.54, 1.807) is 7.11 Å². The average Bonchev–Trinajstić information content (AvgIpc) is 3.22. The first-order chi connectivity index (χ1) is 9.24. The summed E-state index contributed by atoms with van der Waals surface area (Å²) in [5, 5.41) is 3.49. The van der Waals surface area contributed by atoms with E-state index in [1.807, 2.05) is 12.1 Å². The van der Waals surface area contributed by atoms with Crippen molar-refractivity contribution in [3.05, 3.63) is 34.8 Å². The molecule has 1 aliphatic rings. The highest BCUT2D eigenvalue weighted by Gasteiger charge is 2.20. The van der Waals surface area contributed by atoms with Gasteiger partial charge in [0.2, 0.25) is 0 Å². The predicted octanol–water partition coefficient (Wildman–Crippen LogP) is 3.66. The van der Waals surface area contributed by atoms with E-state index >= 15 is 0 Å². The normalized spacial score (nSPS) is 14.2. The Balaban J connectivity index is 2.06. The third-order valence-corrected chi connectivity index (χ3v) is 3.62. The summed E-state index contributed by atoms with van der Waals surface area (Å²) in [5.74, 6) is 1.53. The van der Waals surface area contributed by atoms with E-state index in [-0.39, 0.29) is 0 Å². The number of ether oxygens (including phenoxy) is 2. The molecule has 0 amide bonds. The third-order valence-electron chi connectivity index (χ3n) is 3.03. The minimum absolute atomic E-state index is 0.609. The molecule has 104 valence electrons. The zero-order valence-corrected chi connectivity index (χ0v) is 12.8. The van der Waals surface area contributed by atoms with Crippen LogP contribution in [0.1, 0.15) is 24.8 Å². The quantitative estimate of drug-likeness (QED) is 0.584. The molecule has 0 bridgehead atoms. The number of rotatable bonds is 8. The minimum atomic E-state index is 0.609. The van der Waals surface area contributed by atoms with E-state index in [4.69, 9.17) is 9.47 Å². The van der Waals surface area contributed by atoms with Crippen molar-refractivity contribution < 1.29 is 9.47 Å². The van der Waals surface area contributed by atoms with Crippen molar-refractivity contribution in [2.45, 2.75) is 31.8 Å². The molecule has 0 heterocycles. The molecule has 0 saturated heterocycles. The van der Waals surface area contributed by atoms with E-state index in [9.17, 15) is 0 Å². The summed E-state index contributed by atoms with van der Waals surface area (Å²) in [6, 6.07) is 4.82. The van der Waals surface area contributed by atoms with Crippen LogP contribution in [-0.4, -0.2) is 19.8 Å². The Morgan fingerprint density at radius 3 is 2.89 bits per heavy atom. The first kappa shape index (κ1) is 14.4. The molecule has 1 aromatic rings. The van der Waals surface area contributed by atoms with Crippen molar-refractivity contribution in [2.24, 2.45) is 0 Å². The summed E-state index contributed by atoms with van der Waals surface area (Å²) < 4.78 is 12.1. The van der Waals surface area contributed by atoms with Gasteiger partial charge in [-0.05, 0) is 52.9 Å². The maximum atomic E-state index is 5.73. The largest absolute Gasteiger partial charge is 0.493 e. The van der Waals surface area contributed by atoms with Crippen LogP contribution < -0.4 is 14.8 Å². The highest BCUT2D eigenvalue weighted by atomic mass is 79.9. The van der Waals surface area contributed by atoms with Crippen LogP contribution in [-0.2, 0) is 6.54 Å². The van der Waals surface area contributed by atoms with E-state index < -0.39 is 0 Å². The number of hydrogen-bond donors (Lipinski definition) is 1. The van der Waals surface area contributed by atoms with Crippen LogP contribution in [0.15, 0.2) is 29.3 Å². The fraction of sp³-hybridized carbons (Fsp3) is 0.467. The summed E-state index contributed by atoms with van der Waals surface area (Å²) >= 11 is 3.55. The van der Waals surface area contributed by atoms with E-state index in [0.29, 0.717) is 12.6 Å². The lowest BCUT2D eigenvalue weighted by atomic mass is 10.2. The number of hydrogen-bond acceptors (Lipinski definition) is 3. The predicted molar refractivity (Wildman–Crippen MR) is 80.9 cm³/mol. The van der Waals surface area contributed by atoms with Crippen LogP contribution in [0.3, 0.4) is 0 Å². The second kappa shape index (κ2) is 6.96. The summed E-state index contributed by atoms with van der Waals surface area (Å²) in [7, 11) is 1.67. The van der Waals surface area contributed by atoms with Crippen LogP contribution >= 0.6 is 15.9 Å². The topological polar surface area (TPSA) is 30.5 Å². The van der Waals surface area contributed by atoms with Crippen LogP contribution in [0.5, 0.6) is 11.5 Å². The molecule has 3 nitrogen and oxygen atoms in total. The number of halogens is 1. The van der Waals surface area contributed by atoms with Crippen LogP contribution in [0.25, 0.3) is 0 Å². The molecule has 1 N–H and O–H groups in total. The van der Waals surface area contributed by atoms with Gasteiger partial charge in [0.1, 0.15) is 0 Å². The van der Waals surface area contributed by atoms with Gasteiger partial charge in [0.15, 0.2) is 11.5 Å². The van der Waals surface area contributed by atoms with Crippen LogP contribution in [0, 0.1) is 0 Å². The zero-order valence-electron chi connectivity index (χ0n) is 11.2. The number of methoxy groups -OCH3 is 1. The Kier molecular flexibility index (Phi) is 5.28. The Labute approximate surface area is 123 Å². The molecular formula is C15H20BrNO2. The van der Waals surface area contributed by atoms with Gasteiger partial charge in [-0.25, -0.2) is 0 Å². The summed E-state index contributed by atoms with van der Waals surface area (Å²) in [4.78, 5) is 0. The van der Waals surface area contributed by atoms with Crippen LogP contribution in [0.2, 0.25) is 0 Å². The lowest BCUT2D eigenvalue weighted by Gasteiger charge is -2.14. The third kappa shape index (κ3) is 4.25. The second-order valence-electron chi connectivity index (χ2n) is 4.69. The zero-order chi connectivity index (χ0) is 13.7. The van der Waals surface area contributed by atoms with Crippen molar-refractivity contribution in [2.75, 3.05) is 13.7 Å². The standard InChI is InChI=1S/C15H20BrNO2/c1-3-4-7-19-15-13(16)8-11(9-14(15)18-2)10-17-12-5-6-12/h3,8-9,12,17H,1,4-7,10H2,2H3. The van der Waals surface area contributed by atoms with Crippen molar-refractivity contribution in [3.8, 4) is 11.5 Å². The molecule has 1 aliphatic carbocycles. The lowest BCUT2D eigenvalue weighted by Crippen LogP contribution is -2.15. The van der Waals surface area contributed by atoms with Gasteiger partial charge < -0.3 is 14.8 Å². The minimum Gasteiger partial charge on any atom is -0.493 e. The maximum Gasteiger partial charge on any atom is 0.175 e. The molecule has 0 spiro atoms. The van der Waals surface area contributed by atoms with Gasteiger partial charge in [0.25, 0.3) is 0 Å². The molecule has 0 aromatic heterocycles. The molecular weight excluding hydrogens is 306 g/mol. The van der Waals surface area contributed by atoms with Gasteiger partial charge in [0.05, 0.1) is 18.2 Å². The first-order valence-electron chi connectivity index (χ1n) is 6.58. The second-order valence-corrected chi connectivity index (χ2v) is 5.54. The smallest absolute Gasteiger partial charge is 0.175 e. The highest BCUT2D eigenvalue weighted by molar-refractivity contribution is 9.10. The fourth-order valence-electron chi connectivity index (χ4n) is 1.81. The molecule has 1 saturated carbocycles. The van der Waals surface area contributed by atoms with Gasteiger partial charge in [-0.2, -0.15) is 0 Å². The lowest BCUT2D eigenvalue weighted by molar-refractivity contribution is 0.297. The Morgan fingerprint density at radius 1 is 1.47 bits per heavy atom. The molecule has 4 heteroatoms. The van der Waals surface area contributed by atoms with E-state index in [2.05, 4.69) is 33.9 Å².